The SMILES string of the molecule is COc1ccc(OC)c(CCNC(=O)CNC(=O)c2cccc(C)c2)c1. The zero-order valence-electron chi connectivity index (χ0n) is 15.3. The van der Waals surface area contributed by atoms with E-state index in [0.717, 1.165) is 22.6 Å². The first-order valence-corrected chi connectivity index (χ1v) is 8.36. The first-order chi connectivity index (χ1) is 12.5. The fourth-order valence-corrected chi connectivity index (χ4v) is 2.53. The molecule has 2 aromatic carbocycles. The topological polar surface area (TPSA) is 76.7 Å². The Morgan fingerprint density at radius 2 is 1.81 bits per heavy atom. The smallest absolute Gasteiger partial charge is 0.251 e. The van der Waals surface area contributed by atoms with Crippen LogP contribution in [-0.4, -0.2) is 39.1 Å². The molecule has 0 saturated carbocycles. The number of aryl methyl sites for hydroxylation is 1. The molecule has 0 bridgehead atoms. The molecule has 0 saturated heterocycles. The molecule has 26 heavy (non-hydrogen) atoms. The highest BCUT2D eigenvalue weighted by Crippen LogP contribution is 2.24. The van der Waals surface area contributed by atoms with Gasteiger partial charge in [-0.25, -0.2) is 0 Å². The molecule has 0 aliphatic heterocycles. The number of carbonyl (C=O) groups excluding carboxylic acids is 2. The van der Waals surface area contributed by atoms with Crippen molar-refractivity contribution in [3.63, 3.8) is 0 Å². The Balaban J connectivity index is 1.79. The Kier molecular flexibility index (Phi) is 7.02. The van der Waals surface area contributed by atoms with E-state index in [1.54, 1.807) is 26.4 Å². The van der Waals surface area contributed by atoms with Crippen LogP contribution in [0.15, 0.2) is 42.5 Å². The zero-order chi connectivity index (χ0) is 18.9. The fraction of sp³-hybridized carbons (Fsp3) is 0.300. The quantitative estimate of drug-likeness (QED) is 0.759. The Bertz CT molecular complexity index is 774. The molecule has 0 aliphatic carbocycles. The highest BCUT2D eigenvalue weighted by molar-refractivity contribution is 5.96. The third kappa shape index (κ3) is 5.51. The Morgan fingerprint density at radius 1 is 1.00 bits per heavy atom. The van der Waals surface area contributed by atoms with E-state index in [1.165, 1.54) is 0 Å². The van der Waals surface area contributed by atoms with Crippen LogP contribution in [0, 0.1) is 6.92 Å². The molecule has 0 spiro atoms. The van der Waals surface area contributed by atoms with Gasteiger partial charge >= 0.3 is 0 Å². The van der Waals surface area contributed by atoms with Crippen LogP contribution in [0.5, 0.6) is 11.5 Å². The highest BCUT2D eigenvalue weighted by Gasteiger charge is 2.09. The molecule has 0 heterocycles. The van der Waals surface area contributed by atoms with Gasteiger partial charge in [0.1, 0.15) is 11.5 Å². The van der Waals surface area contributed by atoms with E-state index in [-0.39, 0.29) is 18.4 Å². The molecule has 0 fully saturated rings. The normalized spacial score (nSPS) is 10.1. The summed E-state index contributed by atoms with van der Waals surface area (Å²) in [7, 11) is 3.20. The number of carbonyl (C=O) groups is 2. The second-order valence-electron chi connectivity index (χ2n) is 5.83. The molecule has 6 nitrogen and oxygen atoms in total. The minimum absolute atomic E-state index is 0.0674. The van der Waals surface area contributed by atoms with Crippen LogP contribution < -0.4 is 20.1 Å². The van der Waals surface area contributed by atoms with Gasteiger partial charge < -0.3 is 20.1 Å². The molecule has 2 rings (SSSR count). The van der Waals surface area contributed by atoms with Crippen LogP contribution >= 0.6 is 0 Å². The van der Waals surface area contributed by atoms with Crippen molar-refractivity contribution in [1.82, 2.24) is 10.6 Å². The summed E-state index contributed by atoms with van der Waals surface area (Å²) in [5.74, 6) is 0.969. The maximum Gasteiger partial charge on any atom is 0.251 e. The molecule has 0 radical (unpaired) electrons. The molecule has 2 aromatic rings. The largest absolute Gasteiger partial charge is 0.497 e. The Hall–Kier alpha value is -3.02. The van der Waals surface area contributed by atoms with Gasteiger partial charge in [0, 0.05) is 12.1 Å². The molecular formula is C20H24N2O4. The molecule has 2 amide bonds. The van der Waals surface area contributed by atoms with Crippen LogP contribution in [0.2, 0.25) is 0 Å². The summed E-state index contributed by atoms with van der Waals surface area (Å²) in [6.45, 7) is 2.28. The van der Waals surface area contributed by atoms with Gasteiger partial charge in [-0.3, -0.25) is 9.59 Å². The van der Waals surface area contributed by atoms with Crippen LogP contribution in [0.4, 0.5) is 0 Å². The lowest BCUT2D eigenvalue weighted by atomic mass is 10.1. The van der Waals surface area contributed by atoms with Crippen molar-refractivity contribution in [2.45, 2.75) is 13.3 Å². The summed E-state index contributed by atoms with van der Waals surface area (Å²) >= 11 is 0. The summed E-state index contributed by atoms with van der Waals surface area (Å²) < 4.78 is 10.5. The molecular weight excluding hydrogens is 332 g/mol. The van der Waals surface area contributed by atoms with Crippen molar-refractivity contribution in [2.75, 3.05) is 27.3 Å². The minimum atomic E-state index is -0.265. The lowest BCUT2D eigenvalue weighted by Crippen LogP contribution is -2.37. The summed E-state index contributed by atoms with van der Waals surface area (Å²) in [4.78, 5) is 24.0. The second-order valence-corrected chi connectivity index (χ2v) is 5.83. The standard InChI is InChI=1S/C20H24N2O4/c1-14-5-4-6-16(11-14)20(24)22-13-19(23)21-10-9-15-12-17(25-2)7-8-18(15)26-3/h4-8,11-12H,9-10,13H2,1-3H3,(H,21,23)(H,22,24). The van der Waals surface area contributed by atoms with Crippen molar-refractivity contribution in [2.24, 2.45) is 0 Å². The number of amides is 2. The van der Waals surface area contributed by atoms with Gasteiger partial charge in [0.2, 0.25) is 5.91 Å². The molecule has 2 N–H and O–H groups in total. The predicted octanol–water partition coefficient (Wildman–Crippen LogP) is 2.10. The maximum absolute atomic E-state index is 12.0. The van der Waals surface area contributed by atoms with Gasteiger partial charge in [-0.1, -0.05) is 17.7 Å². The monoisotopic (exact) mass is 356 g/mol. The minimum Gasteiger partial charge on any atom is -0.497 e. The van der Waals surface area contributed by atoms with E-state index in [2.05, 4.69) is 10.6 Å². The molecule has 0 aliphatic rings. The summed E-state index contributed by atoms with van der Waals surface area (Å²) in [6, 6.07) is 12.8. The van der Waals surface area contributed by atoms with Crippen molar-refractivity contribution in [1.29, 1.82) is 0 Å². The van der Waals surface area contributed by atoms with Crippen LogP contribution in [0.25, 0.3) is 0 Å². The van der Waals surface area contributed by atoms with Crippen molar-refractivity contribution >= 4 is 11.8 Å². The Morgan fingerprint density at radius 3 is 2.50 bits per heavy atom. The van der Waals surface area contributed by atoms with Crippen molar-refractivity contribution in [3.8, 4) is 11.5 Å². The maximum atomic E-state index is 12.0. The zero-order valence-corrected chi connectivity index (χ0v) is 15.3. The van der Waals surface area contributed by atoms with Gasteiger partial charge in [-0.2, -0.15) is 0 Å². The van der Waals surface area contributed by atoms with Gasteiger partial charge in [0.15, 0.2) is 0 Å². The molecule has 0 atom stereocenters. The molecule has 138 valence electrons. The van der Waals surface area contributed by atoms with Gasteiger partial charge in [0.25, 0.3) is 5.91 Å². The number of hydrogen-bond donors (Lipinski definition) is 2. The van der Waals surface area contributed by atoms with Gasteiger partial charge in [0.05, 0.1) is 20.8 Å². The van der Waals surface area contributed by atoms with E-state index in [0.29, 0.717) is 18.5 Å². The summed E-state index contributed by atoms with van der Waals surface area (Å²) in [5.41, 5.74) is 2.48. The summed E-state index contributed by atoms with van der Waals surface area (Å²) in [6.07, 6.45) is 0.595. The second kappa shape index (κ2) is 9.46. The van der Waals surface area contributed by atoms with E-state index in [4.69, 9.17) is 9.47 Å². The van der Waals surface area contributed by atoms with Crippen LogP contribution in [0.3, 0.4) is 0 Å². The third-order valence-electron chi connectivity index (χ3n) is 3.89. The number of methoxy groups -OCH3 is 2. The van der Waals surface area contributed by atoms with Gasteiger partial charge in [-0.15, -0.1) is 0 Å². The number of nitrogens with one attached hydrogen (secondary N) is 2. The van der Waals surface area contributed by atoms with E-state index < -0.39 is 0 Å². The first-order valence-electron chi connectivity index (χ1n) is 8.36. The van der Waals surface area contributed by atoms with E-state index >= 15 is 0 Å². The average molecular weight is 356 g/mol. The number of ether oxygens (including phenoxy) is 2. The first kappa shape index (κ1) is 19.3. The number of rotatable bonds is 8. The third-order valence-corrected chi connectivity index (χ3v) is 3.89. The van der Waals surface area contributed by atoms with Crippen LogP contribution in [0.1, 0.15) is 21.5 Å². The molecule has 6 heteroatoms. The summed E-state index contributed by atoms with van der Waals surface area (Å²) in [5, 5.41) is 5.41. The van der Waals surface area contributed by atoms with Crippen LogP contribution in [-0.2, 0) is 11.2 Å². The average Bonchev–Trinajstić information content (AvgIpc) is 2.66. The lowest BCUT2D eigenvalue weighted by molar-refractivity contribution is -0.120. The highest BCUT2D eigenvalue weighted by atomic mass is 16.5. The molecule has 0 unspecified atom stereocenters. The van der Waals surface area contributed by atoms with E-state index in [1.807, 2.05) is 37.3 Å². The number of benzene rings is 2. The van der Waals surface area contributed by atoms with Crippen molar-refractivity contribution < 1.29 is 19.1 Å². The van der Waals surface area contributed by atoms with E-state index in [9.17, 15) is 9.59 Å². The fourth-order valence-electron chi connectivity index (χ4n) is 2.53. The van der Waals surface area contributed by atoms with Crippen molar-refractivity contribution in [3.05, 3.63) is 59.2 Å². The number of hydrogen-bond acceptors (Lipinski definition) is 4. The predicted molar refractivity (Wildman–Crippen MR) is 99.8 cm³/mol. The lowest BCUT2D eigenvalue weighted by Gasteiger charge is -2.11. The molecule has 0 aromatic heterocycles. The Labute approximate surface area is 153 Å². The van der Waals surface area contributed by atoms with Gasteiger partial charge in [-0.05, 0) is 49.2 Å².